The highest BCUT2D eigenvalue weighted by molar-refractivity contribution is 7.91. The lowest BCUT2D eigenvalue weighted by molar-refractivity contribution is -0.120. The molecule has 0 aliphatic carbocycles. The predicted molar refractivity (Wildman–Crippen MR) is 94.4 cm³/mol. The van der Waals surface area contributed by atoms with Crippen LogP contribution in [0.5, 0.6) is 0 Å². The fourth-order valence-corrected chi connectivity index (χ4v) is 4.21. The van der Waals surface area contributed by atoms with Crippen molar-refractivity contribution in [3.8, 4) is 0 Å². The highest BCUT2D eigenvalue weighted by atomic mass is 32.2. The molecule has 0 fully saturated rings. The molecule has 0 saturated heterocycles. The lowest BCUT2D eigenvalue weighted by Gasteiger charge is -2.06. The first kappa shape index (κ1) is 18.2. The molecule has 1 heterocycles. The second kappa shape index (κ2) is 7.34. The number of fused-ring (bicyclic) bond motifs is 1. The van der Waals surface area contributed by atoms with Gasteiger partial charge in [0.1, 0.15) is 11.6 Å². The van der Waals surface area contributed by atoms with Crippen LogP contribution in [0.1, 0.15) is 6.42 Å². The zero-order chi connectivity index (χ0) is 18.7. The zero-order valence-corrected chi connectivity index (χ0v) is 14.8. The van der Waals surface area contributed by atoms with E-state index in [-0.39, 0.29) is 17.1 Å². The van der Waals surface area contributed by atoms with Crippen molar-refractivity contribution in [3.05, 3.63) is 54.1 Å². The molecular formula is C16H13F2N3O3S2. The first-order valence-corrected chi connectivity index (χ1v) is 9.90. The van der Waals surface area contributed by atoms with Gasteiger partial charge in [-0.25, -0.2) is 22.2 Å². The summed E-state index contributed by atoms with van der Waals surface area (Å²) in [5.41, 5.74) is 5.50. The zero-order valence-electron chi connectivity index (χ0n) is 13.2. The Morgan fingerprint density at radius 2 is 1.77 bits per heavy atom. The van der Waals surface area contributed by atoms with Crippen molar-refractivity contribution in [2.24, 2.45) is 0 Å². The monoisotopic (exact) mass is 397 g/mol. The summed E-state index contributed by atoms with van der Waals surface area (Å²) >= 11 is 1.14. The molecule has 2 aromatic carbocycles. The number of hydrogen-bond acceptors (Lipinski definition) is 6. The fourth-order valence-electron chi connectivity index (χ4n) is 2.12. The number of hydrazine groups is 1. The second-order valence-corrected chi connectivity index (χ2v) is 8.47. The minimum absolute atomic E-state index is 0.0483. The first-order valence-electron chi connectivity index (χ1n) is 7.43. The third kappa shape index (κ3) is 4.33. The number of carbonyl (C=O) groups is 1. The third-order valence-electron chi connectivity index (χ3n) is 3.43. The Balaban J connectivity index is 1.55. The maximum Gasteiger partial charge on any atom is 0.239 e. The summed E-state index contributed by atoms with van der Waals surface area (Å²) in [6.07, 6.45) is -0.285. The van der Waals surface area contributed by atoms with E-state index in [9.17, 15) is 22.0 Å². The van der Waals surface area contributed by atoms with Gasteiger partial charge in [0, 0.05) is 6.42 Å². The predicted octanol–water partition coefficient (Wildman–Crippen LogP) is 2.88. The molecule has 0 unspecified atom stereocenters. The molecule has 136 valence electrons. The van der Waals surface area contributed by atoms with Gasteiger partial charge in [0.05, 0.1) is 20.9 Å². The molecule has 0 aliphatic heterocycles. The van der Waals surface area contributed by atoms with Gasteiger partial charge in [-0.3, -0.25) is 15.6 Å². The van der Waals surface area contributed by atoms with E-state index in [0.717, 1.165) is 35.6 Å². The summed E-state index contributed by atoms with van der Waals surface area (Å²) in [5, 5.41) is 0.348. The van der Waals surface area contributed by atoms with Crippen LogP contribution in [0.3, 0.4) is 0 Å². The van der Waals surface area contributed by atoms with Crippen LogP contribution in [0.15, 0.2) is 47.4 Å². The standard InChI is InChI=1S/C16H13F2N3O3S2/c17-10-1-4-12(5-2-10)26(23,24)8-7-15(22)20-21-16-19-13-6-3-11(18)9-14(13)25-16/h1-6,9H,7-8H2,(H,19,21)(H,20,22). The summed E-state index contributed by atoms with van der Waals surface area (Å²) in [5.74, 6) is -1.90. The van der Waals surface area contributed by atoms with E-state index in [1.54, 1.807) is 0 Å². The van der Waals surface area contributed by atoms with E-state index in [4.69, 9.17) is 0 Å². The van der Waals surface area contributed by atoms with Crippen LogP contribution < -0.4 is 10.9 Å². The number of rotatable bonds is 6. The highest BCUT2D eigenvalue weighted by Crippen LogP contribution is 2.25. The first-order chi connectivity index (χ1) is 12.3. The number of halogens is 2. The van der Waals surface area contributed by atoms with Gasteiger partial charge in [-0.1, -0.05) is 11.3 Å². The number of anilines is 1. The number of hydrogen-bond donors (Lipinski definition) is 2. The molecule has 6 nitrogen and oxygen atoms in total. The largest absolute Gasteiger partial charge is 0.273 e. The van der Waals surface area contributed by atoms with Crippen LogP contribution in [0.2, 0.25) is 0 Å². The summed E-state index contributed by atoms with van der Waals surface area (Å²) in [6.45, 7) is 0. The average Bonchev–Trinajstić information content (AvgIpc) is 3.00. The Bertz CT molecular complexity index is 1050. The van der Waals surface area contributed by atoms with Gasteiger partial charge in [0.2, 0.25) is 11.0 Å². The Hall–Kier alpha value is -2.59. The van der Waals surface area contributed by atoms with Crippen LogP contribution in [0.25, 0.3) is 10.2 Å². The molecule has 2 N–H and O–H groups in total. The van der Waals surface area contributed by atoms with Crippen molar-refractivity contribution >= 4 is 42.4 Å². The van der Waals surface area contributed by atoms with Gasteiger partial charge < -0.3 is 0 Å². The van der Waals surface area contributed by atoms with Crippen LogP contribution in [0.4, 0.5) is 13.9 Å². The van der Waals surface area contributed by atoms with Crippen molar-refractivity contribution in [1.82, 2.24) is 10.4 Å². The number of nitrogens with one attached hydrogen (secondary N) is 2. The minimum atomic E-state index is -3.69. The molecule has 3 aromatic rings. The number of nitrogens with zero attached hydrogens (tertiary/aromatic N) is 1. The van der Waals surface area contributed by atoms with Crippen molar-refractivity contribution in [3.63, 3.8) is 0 Å². The summed E-state index contributed by atoms with van der Waals surface area (Å²) in [6, 6.07) is 8.53. The second-order valence-electron chi connectivity index (χ2n) is 5.33. The van der Waals surface area contributed by atoms with Crippen molar-refractivity contribution in [2.45, 2.75) is 11.3 Å². The molecule has 0 radical (unpaired) electrons. The molecule has 0 atom stereocenters. The number of thiazole rings is 1. The lowest BCUT2D eigenvalue weighted by Crippen LogP contribution is -2.30. The summed E-state index contributed by atoms with van der Waals surface area (Å²) in [7, 11) is -3.69. The van der Waals surface area contributed by atoms with Gasteiger partial charge in [0.25, 0.3) is 0 Å². The number of aromatic nitrogens is 1. The molecule has 0 saturated carbocycles. The molecule has 0 bridgehead atoms. The third-order valence-corrected chi connectivity index (χ3v) is 6.10. The number of sulfone groups is 1. The van der Waals surface area contributed by atoms with Gasteiger partial charge in [-0.05, 0) is 42.5 Å². The summed E-state index contributed by atoms with van der Waals surface area (Å²) in [4.78, 5) is 16.0. The van der Waals surface area contributed by atoms with Gasteiger partial charge in [0.15, 0.2) is 9.84 Å². The Kier molecular flexibility index (Phi) is 5.14. The highest BCUT2D eigenvalue weighted by Gasteiger charge is 2.16. The lowest BCUT2D eigenvalue weighted by atomic mass is 10.3. The molecule has 10 heteroatoms. The van der Waals surface area contributed by atoms with Crippen LogP contribution >= 0.6 is 11.3 Å². The normalized spacial score (nSPS) is 11.5. The van der Waals surface area contributed by atoms with Crippen LogP contribution in [0, 0.1) is 11.6 Å². The van der Waals surface area contributed by atoms with Gasteiger partial charge in [-0.15, -0.1) is 0 Å². The van der Waals surface area contributed by atoms with Crippen LogP contribution in [-0.4, -0.2) is 25.1 Å². The Morgan fingerprint density at radius 1 is 1.08 bits per heavy atom. The van der Waals surface area contributed by atoms with E-state index in [2.05, 4.69) is 15.8 Å². The minimum Gasteiger partial charge on any atom is -0.273 e. The van der Waals surface area contributed by atoms with Crippen molar-refractivity contribution in [2.75, 3.05) is 11.2 Å². The Labute approximate surface area is 151 Å². The molecule has 26 heavy (non-hydrogen) atoms. The molecule has 1 amide bonds. The SMILES string of the molecule is O=C(CCS(=O)(=O)c1ccc(F)cc1)NNc1nc2ccc(F)cc2s1. The average molecular weight is 397 g/mol. The smallest absolute Gasteiger partial charge is 0.239 e. The van der Waals surface area contributed by atoms with E-state index in [0.29, 0.717) is 15.3 Å². The number of carbonyl (C=O) groups excluding carboxylic acids is 1. The maximum atomic E-state index is 13.1. The Morgan fingerprint density at radius 3 is 2.50 bits per heavy atom. The summed E-state index contributed by atoms with van der Waals surface area (Å²) < 4.78 is 50.8. The molecule has 0 spiro atoms. The van der Waals surface area contributed by atoms with Gasteiger partial charge in [-0.2, -0.15) is 0 Å². The molecule has 0 aliphatic rings. The van der Waals surface area contributed by atoms with Gasteiger partial charge >= 0.3 is 0 Å². The van der Waals surface area contributed by atoms with Crippen molar-refractivity contribution in [1.29, 1.82) is 0 Å². The topological polar surface area (TPSA) is 88.2 Å². The van der Waals surface area contributed by atoms with Crippen molar-refractivity contribution < 1.29 is 22.0 Å². The van der Waals surface area contributed by atoms with E-state index < -0.39 is 27.3 Å². The molecule has 1 aromatic heterocycles. The van der Waals surface area contributed by atoms with E-state index in [1.165, 1.54) is 18.2 Å². The maximum absolute atomic E-state index is 13.1. The number of benzene rings is 2. The number of amides is 1. The van der Waals surface area contributed by atoms with E-state index >= 15 is 0 Å². The fraction of sp³-hybridized carbons (Fsp3) is 0.125. The van der Waals surface area contributed by atoms with Crippen LogP contribution in [-0.2, 0) is 14.6 Å². The quantitative estimate of drug-likeness (QED) is 0.493. The molecular weight excluding hydrogens is 384 g/mol. The van der Waals surface area contributed by atoms with E-state index in [1.807, 2.05) is 0 Å². The molecule has 3 rings (SSSR count).